The van der Waals surface area contributed by atoms with Crippen LogP contribution in [0.25, 0.3) is 0 Å². The van der Waals surface area contributed by atoms with Gasteiger partial charge in [0.25, 0.3) is 0 Å². The summed E-state index contributed by atoms with van der Waals surface area (Å²) in [4.78, 5) is 37.7. The number of carbonyl (C=O) groups is 3. The first-order valence-electron chi connectivity index (χ1n) is 24.8. The Balaban J connectivity index is 4.22. The molecule has 6 heteroatoms. The summed E-state index contributed by atoms with van der Waals surface area (Å²) in [6.45, 7) is 11.4. The lowest BCUT2D eigenvalue weighted by molar-refractivity contribution is -0.167. The van der Waals surface area contributed by atoms with Gasteiger partial charge in [-0.1, -0.05) is 234 Å². The van der Waals surface area contributed by atoms with Crippen LogP contribution in [0.3, 0.4) is 0 Å². The van der Waals surface area contributed by atoms with Crippen molar-refractivity contribution in [2.24, 2.45) is 11.8 Å². The maximum atomic E-state index is 12.7. The van der Waals surface area contributed by atoms with Crippen LogP contribution in [-0.2, 0) is 28.6 Å². The minimum absolute atomic E-state index is 0.0646. The number of rotatable bonds is 44. The number of carbonyl (C=O) groups excluding carboxylic acids is 3. The summed E-state index contributed by atoms with van der Waals surface area (Å²) < 4.78 is 16.7. The zero-order valence-corrected chi connectivity index (χ0v) is 38.3. The fourth-order valence-electron chi connectivity index (χ4n) is 7.43. The van der Waals surface area contributed by atoms with E-state index in [9.17, 15) is 14.4 Å². The molecule has 2 atom stereocenters. The van der Waals surface area contributed by atoms with Crippen molar-refractivity contribution < 1.29 is 28.6 Å². The molecular weight excluding hydrogens is 697 g/mol. The van der Waals surface area contributed by atoms with Gasteiger partial charge >= 0.3 is 17.9 Å². The van der Waals surface area contributed by atoms with E-state index in [0.29, 0.717) is 19.3 Å². The molecule has 0 fully saturated rings. The highest BCUT2D eigenvalue weighted by atomic mass is 16.6. The second-order valence-electron chi connectivity index (χ2n) is 17.8. The lowest BCUT2D eigenvalue weighted by Crippen LogP contribution is -2.30. The van der Waals surface area contributed by atoms with E-state index in [1.165, 1.54) is 161 Å². The maximum Gasteiger partial charge on any atom is 0.306 e. The van der Waals surface area contributed by atoms with Crippen LogP contribution >= 0.6 is 0 Å². The minimum Gasteiger partial charge on any atom is -0.462 e. The van der Waals surface area contributed by atoms with E-state index in [-0.39, 0.29) is 31.1 Å². The Morgan fingerprint density at radius 2 is 0.679 bits per heavy atom. The van der Waals surface area contributed by atoms with Crippen LogP contribution in [0, 0.1) is 11.8 Å². The Labute approximate surface area is 348 Å². The van der Waals surface area contributed by atoms with E-state index < -0.39 is 6.10 Å². The van der Waals surface area contributed by atoms with E-state index in [1.807, 2.05) is 0 Å². The Morgan fingerprint density at radius 3 is 1.02 bits per heavy atom. The largest absolute Gasteiger partial charge is 0.462 e. The van der Waals surface area contributed by atoms with Crippen molar-refractivity contribution in [2.45, 2.75) is 278 Å². The summed E-state index contributed by atoms with van der Waals surface area (Å²) in [6.07, 6.45) is 42.4. The molecule has 0 N–H and O–H groups in total. The van der Waals surface area contributed by atoms with Gasteiger partial charge < -0.3 is 14.2 Å². The molecule has 56 heavy (non-hydrogen) atoms. The predicted octanol–water partition coefficient (Wildman–Crippen LogP) is 15.8. The number of unbranched alkanes of at least 4 members (excludes halogenated alkanes) is 28. The normalized spacial score (nSPS) is 12.5. The minimum atomic E-state index is -0.760. The van der Waals surface area contributed by atoms with Gasteiger partial charge in [0.05, 0.1) is 0 Å². The van der Waals surface area contributed by atoms with E-state index in [2.05, 4.69) is 34.6 Å². The van der Waals surface area contributed by atoms with Gasteiger partial charge in [0.15, 0.2) is 6.10 Å². The first-order chi connectivity index (χ1) is 27.3. The molecule has 0 radical (unpaired) electrons. The smallest absolute Gasteiger partial charge is 0.306 e. The predicted molar refractivity (Wildman–Crippen MR) is 238 cm³/mol. The summed E-state index contributed by atoms with van der Waals surface area (Å²) >= 11 is 0. The fourth-order valence-corrected chi connectivity index (χ4v) is 7.43. The summed E-state index contributed by atoms with van der Waals surface area (Å²) in [7, 11) is 0. The van der Waals surface area contributed by atoms with Crippen molar-refractivity contribution in [1.29, 1.82) is 0 Å². The van der Waals surface area contributed by atoms with E-state index >= 15 is 0 Å². The molecular formula is C50H96O6. The third-order valence-corrected chi connectivity index (χ3v) is 11.6. The van der Waals surface area contributed by atoms with Gasteiger partial charge in [-0.3, -0.25) is 14.4 Å². The average molecular weight is 793 g/mol. The quantitative estimate of drug-likeness (QED) is 0.0347. The van der Waals surface area contributed by atoms with Crippen LogP contribution in [0.2, 0.25) is 0 Å². The molecule has 1 unspecified atom stereocenters. The first kappa shape index (κ1) is 54.4. The summed E-state index contributed by atoms with van der Waals surface area (Å²) in [5.41, 5.74) is 0. The molecule has 332 valence electrons. The van der Waals surface area contributed by atoms with Crippen molar-refractivity contribution in [1.82, 2.24) is 0 Å². The van der Waals surface area contributed by atoms with Gasteiger partial charge in [-0.15, -0.1) is 0 Å². The van der Waals surface area contributed by atoms with Gasteiger partial charge in [0.1, 0.15) is 13.2 Å². The molecule has 0 amide bonds. The van der Waals surface area contributed by atoms with Gasteiger partial charge in [0, 0.05) is 19.3 Å². The molecule has 0 aromatic heterocycles. The van der Waals surface area contributed by atoms with Gasteiger partial charge in [0.2, 0.25) is 0 Å². The molecule has 0 rings (SSSR count). The van der Waals surface area contributed by atoms with Crippen molar-refractivity contribution in [3.05, 3.63) is 0 Å². The maximum absolute atomic E-state index is 12.7. The molecule has 0 saturated heterocycles. The SMILES string of the molecule is CCCCCCCCCC(=O)OC[C@@H](COC(=O)CCCCCCCCCCCCC(C)C)OC(=O)CCCCCCCCCCCCCCCCC(C)CC. The van der Waals surface area contributed by atoms with Gasteiger partial charge in [-0.25, -0.2) is 0 Å². The highest BCUT2D eigenvalue weighted by molar-refractivity contribution is 5.71. The molecule has 0 aromatic rings. The molecule has 0 heterocycles. The molecule has 0 bridgehead atoms. The van der Waals surface area contributed by atoms with E-state index in [0.717, 1.165) is 69.6 Å². The molecule has 0 aromatic carbocycles. The second kappa shape index (κ2) is 43.0. The molecule has 0 aliphatic rings. The Kier molecular flexibility index (Phi) is 41.8. The molecule has 0 spiro atoms. The van der Waals surface area contributed by atoms with Crippen LogP contribution in [0.15, 0.2) is 0 Å². The van der Waals surface area contributed by atoms with Crippen molar-refractivity contribution >= 4 is 17.9 Å². The number of ether oxygens (including phenoxy) is 3. The van der Waals surface area contributed by atoms with Crippen LogP contribution in [0.1, 0.15) is 272 Å². The zero-order valence-electron chi connectivity index (χ0n) is 38.3. The third kappa shape index (κ3) is 42.0. The average Bonchev–Trinajstić information content (AvgIpc) is 3.18. The molecule has 0 saturated carbocycles. The van der Waals surface area contributed by atoms with Gasteiger partial charge in [-0.05, 0) is 31.1 Å². The van der Waals surface area contributed by atoms with E-state index in [4.69, 9.17) is 14.2 Å². The molecule has 6 nitrogen and oxygen atoms in total. The third-order valence-electron chi connectivity index (χ3n) is 11.6. The highest BCUT2D eigenvalue weighted by Crippen LogP contribution is 2.18. The Hall–Kier alpha value is -1.59. The molecule has 0 aliphatic carbocycles. The van der Waals surface area contributed by atoms with Gasteiger partial charge in [-0.2, -0.15) is 0 Å². The zero-order chi connectivity index (χ0) is 41.2. The van der Waals surface area contributed by atoms with Crippen LogP contribution in [-0.4, -0.2) is 37.2 Å². The lowest BCUT2D eigenvalue weighted by atomic mass is 9.99. The Morgan fingerprint density at radius 1 is 0.375 bits per heavy atom. The number of esters is 3. The number of hydrogen-bond donors (Lipinski definition) is 0. The van der Waals surface area contributed by atoms with Crippen molar-refractivity contribution in [3.8, 4) is 0 Å². The standard InChI is InChI=1S/C50H96O6/c1-6-8-9-10-23-30-35-40-48(51)54-43-47(44-55-49(52)41-36-31-26-21-18-17-19-24-28-33-38-45(3)4)56-50(53)42-37-32-27-22-16-14-12-11-13-15-20-25-29-34-39-46(5)7-2/h45-47H,6-44H2,1-5H3/t46?,47-/m0/s1. The van der Waals surface area contributed by atoms with Crippen LogP contribution < -0.4 is 0 Å². The van der Waals surface area contributed by atoms with Crippen LogP contribution in [0.5, 0.6) is 0 Å². The summed E-state index contributed by atoms with van der Waals surface area (Å²) in [6, 6.07) is 0. The van der Waals surface area contributed by atoms with Crippen molar-refractivity contribution in [3.63, 3.8) is 0 Å². The Bertz CT molecular complexity index is 856. The highest BCUT2D eigenvalue weighted by Gasteiger charge is 2.19. The first-order valence-corrected chi connectivity index (χ1v) is 24.8. The summed E-state index contributed by atoms with van der Waals surface area (Å²) in [5, 5.41) is 0. The lowest BCUT2D eigenvalue weighted by Gasteiger charge is -2.18. The fraction of sp³-hybridized carbons (Fsp3) is 0.940. The summed E-state index contributed by atoms with van der Waals surface area (Å²) in [5.74, 6) is 0.855. The van der Waals surface area contributed by atoms with Crippen molar-refractivity contribution in [2.75, 3.05) is 13.2 Å². The second-order valence-corrected chi connectivity index (χ2v) is 17.8. The number of hydrogen-bond acceptors (Lipinski definition) is 6. The monoisotopic (exact) mass is 793 g/mol. The van der Waals surface area contributed by atoms with E-state index in [1.54, 1.807) is 0 Å². The molecule has 0 aliphatic heterocycles. The topological polar surface area (TPSA) is 78.9 Å². The van der Waals surface area contributed by atoms with Crippen LogP contribution in [0.4, 0.5) is 0 Å².